The number of halogens is 1. The van der Waals surface area contributed by atoms with Crippen molar-refractivity contribution >= 4 is 33.2 Å². The van der Waals surface area contributed by atoms with Gasteiger partial charge in [0.2, 0.25) is 10.0 Å². The summed E-state index contributed by atoms with van der Waals surface area (Å²) in [5.41, 5.74) is 3.04. The Labute approximate surface area is 195 Å². The van der Waals surface area contributed by atoms with Crippen LogP contribution < -0.4 is 9.62 Å². The molecule has 0 aliphatic rings. The van der Waals surface area contributed by atoms with Gasteiger partial charge in [-0.2, -0.15) is 0 Å². The van der Waals surface area contributed by atoms with Crippen LogP contribution in [-0.4, -0.2) is 26.6 Å². The first-order valence-electron chi connectivity index (χ1n) is 10.4. The van der Waals surface area contributed by atoms with E-state index in [9.17, 15) is 13.2 Å². The van der Waals surface area contributed by atoms with E-state index in [0.29, 0.717) is 16.3 Å². The summed E-state index contributed by atoms with van der Waals surface area (Å²) in [5, 5.41) is 3.49. The third-order valence-corrected chi connectivity index (χ3v) is 6.50. The van der Waals surface area contributed by atoms with Gasteiger partial charge in [0.1, 0.15) is 0 Å². The molecule has 0 fully saturated rings. The van der Waals surface area contributed by atoms with E-state index in [1.165, 1.54) is 9.87 Å². The molecule has 1 N–H and O–H groups in total. The lowest BCUT2D eigenvalue weighted by atomic mass is 10.1. The zero-order valence-electron chi connectivity index (χ0n) is 18.2. The minimum Gasteiger partial charge on any atom is -0.350 e. The van der Waals surface area contributed by atoms with Gasteiger partial charge in [0.15, 0.2) is 0 Å². The second-order valence-corrected chi connectivity index (χ2v) is 10.2. The average molecular weight is 471 g/mol. The fraction of sp³-hybridized carbons (Fsp3) is 0.240. The second kappa shape index (κ2) is 10.7. The summed E-state index contributed by atoms with van der Waals surface area (Å²) >= 11 is 6.03. The smallest absolute Gasteiger partial charge is 0.251 e. The molecule has 0 unspecified atom stereocenters. The molecule has 0 heterocycles. The molecule has 0 bridgehead atoms. The van der Waals surface area contributed by atoms with Crippen LogP contribution in [0.4, 0.5) is 5.69 Å². The Hall–Kier alpha value is -2.83. The minimum absolute atomic E-state index is 0.0333. The molecule has 0 saturated heterocycles. The van der Waals surface area contributed by atoms with Crippen LogP contribution in [0.15, 0.2) is 78.9 Å². The molecule has 168 valence electrons. The Morgan fingerprint density at radius 2 is 1.66 bits per heavy atom. The van der Waals surface area contributed by atoms with Crippen molar-refractivity contribution in [3.8, 4) is 0 Å². The SMILES string of the molecule is C[C@H](CCc1ccccc1)NC(=O)c1ccc(CN(c2cccc(Cl)c2)S(C)(=O)=O)cc1. The maximum atomic E-state index is 12.6. The van der Waals surface area contributed by atoms with E-state index in [1.54, 1.807) is 48.5 Å². The predicted octanol–water partition coefficient (Wildman–Crippen LogP) is 5.06. The number of aryl methyl sites for hydroxylation is 1. The molecule has 0 aliphatic heterocycles. The summed E-state index contributed by atoms with van der Waals surface area (Å²) in [5.74, 6) is -0.146. The second-order valence-electron chi connectivity index (χ2n) is 7.85. The van der Waals surface area contributed by atoms with E-state index in [0.717, 1.165) is 24.7 Å². The maximum Gasteiger partial charge on any atom is 0.251 e. The maximum absolute atomic E-state index is 12.6. The highest BCUT2D eigenvalue weighted by Gasteiger charge is 2.18. The Morgan fingerprint density at radius 3 is 2.28 bits per heavy atom. The number of rotatable bonds is 9. The van der Waals surface area contributed by atoms with Crippen molar-refractivity contribution in [1.29, 1.82) is 0 Å². The molecule has 1 atom stereocenters. The van der Waals surface area contributed by atoms with Gasteiger partial charge in [0.05, 0.1) is 18.5 Å². The number of anilines is 1. The minimum atomic E-state index is -3.51. The molecule has 5 nitrogen and oxygen atoms in total. The number of amides is 1. The van der Waals surface area contributed by atoms with Gasteiger partial charge in [-0.05, 0) is 61.2 Å². The zero-order valence-corrected chi connectivity index (χ0v) is 19.7. The fourth-order valence-electron chi connectivity index (χ4n) is 3.37. The van der Waals surface area contributed by atoms with Gasteiger partial charge >= 0.3 is 0 Å². The van der Waals surface area contributed by atoms with Crippen molar-refractivity contribution in [2.24, 2.45) is 0 Å². The molecule has 0 saturated carbocycles. The lowest BCUT2D eigenvalue weighted by molar-refractivity contribution is 0.0938. The van der Waals surface area contributed by atoms with E-state index in [1.807, 2.05) is 25.1 Å². The van der Waals surface area contributed by atoms with Crippen LogP contribution in [0.1, 0.15) is 34.8 Å². The number of carbonyl (C=O) groups is 1. The van der Waals surface area contributed by atoms with E-state index in [-0.39, 0.29) is 18.5 Å². The molecule has 1 amide bonds. The summed E-state index contributed by atoms with van der Waals surface area (Å²) < 4.78 is 25.9. The third kappa shape index (κ3) is 6.84. The third-order valence-electron chi connectivity index (χ3n) is 5.13. The molecular weight excluding hydrogens is 444 g/mol. The number of carbonyl (C=O) groups excluding carboxylic acids is 1. The molecule has 32 heavy (non-hydrogen) atoms. The molecule has 0 aromatic heterocycles. The molecule has 3 rings (SSSR count). The lowest BCUT2D eigenvalue weighted by Crippen LogP contribution is -2.33. The van der Waals surface area contributed by atoms with Crippen molar-refractivity contribution in [1.82, 2.24) is 5.32 Å². The number of nitrogens with zero attached hydrogens (tertiary/aromatic N) is 1. The first-order valence-corrected chi connectivity index (χ1v) is 12.6. The molecule has 7 heteroatoms. The summed E-state index contributed by atoms with van der Waals surface area (Å²) in [6, 6.07) is 23.9. The predicted molar refractivity (Wildman–Crippen MR) is 131 cm³/mol. The Morgan fingerprint density at radius 1 is 0.969 bits per heavy atom. The van der Waals surface area contributed by atoms with E-state index in [2.05, 4.69) is 17.4 Å². The monoisotopic (exact) mass is 470 g/mol. The van der Waals surface area contributed by atoms with Gasteiger partial charge in [-0.3, -0.25) is 9.10 Å². The molecule has 3 aromatic carbocycles. The molecule has 3 aromatic rings. The summed E-state index contributed by atoms with van der Waals surface area (Å²) in [4.78, 5) is 12.6. The Kier molecular flexibility index (Phi) is 7.94. The Bertz CT molecular complexity index is 1150. The number of hydrogen-bond donors (Lipinski definition) is 1. The Balaban J connectivity index is 1.62. The van der Waals surface area contributed by atoms with E-state index in [4.69, 9.17) is 11.6 Å². The molecule has 0 spiro atoms. The van der Waals surface area contributed by atoms with Crippen molar-refractivity contribution in [3.05, 3.63) is 101 Å². The zero-order chi connectivity index (χ0) is 23.1. The van der Waals surface area contributed by atoms with Crippen LogP contribution in [0.25, 0.3) is 0 Å². The number of nitrogens with one attached hydrogen (secondary N) is 1. The van der Waals surface area contributed by atoms with Crippen molar-refractivity contribution in [2.45, 2.75) is 32.4 Å². The van der Waals surface area contributed by atoms with Gasteiger partial charge in [0, 0.05) is 16.6 Å². The van der Waals surface area contributed by atoms with Crippen LogP contribution in [-0.2, 0) is 23.0 Å². The topological polar surface area (TPSA) is 66.5 Å². The van der Waals surface area contributed by atoms with Gasteiger partial charge < -0.3 is 5.32 Å². The standard InChI is InChI=1S/C25H27ClN2O3S/c1-19(11-12-20-7-4-3-5-8-20)27-25(29)22-15-13-21(14-16-22)18-28(32(2,30)31)24-10-6-9-23(26)17-24/h3-10,13-17,19H,11-12,18H2,1-2H3,(H,27,29)/t19-/m1/s1. The average Bonchev–Trinajstić information content (AvgIpc) is 2.76. The first-order chi connectivity index (χ1) is 15.2. The van der Waals surface area contributed by atoms with Gasteiger partial charge in [-0.1, -0.05) is 60.1 Å². The van der Waals surface area contributed by atoms with Gasteiger partial charge in [-0.25, -0.2) is 8.42 Å². The van der Waals surface area contributed by atoms with Crippen LogP contribution in [0.3, 0.4) is 0 Å². The van der Waals surface area contributed by atoms with Crippen LogP contribution in [0.5, 0.6) is 0 Å². The summed E-state index contributed by atoms with van der Waals surface area (Å²) in [6.45, 7) is 2.14. The summed E-state index contributed by atoms with van der Waals surface area (Å²) in [6.07, 6.45) is 2.90. The van der Waals surface area contributed by atoms with Gasteiger partial charge in [0.25, 0.3) is 5.91 Å². The van der Waals surface area contributed by atoms with Gasteiger partial charge in [-0.15, -0.1) is 0 Å². The highest BCUT2D eigenvalue weighted by Crippen LogP contribution is 2.24. The van der Waals surface area contributed by atoms with E-state index >= 15 is 0 Å². The molecule has 0 radical (unpaired) electrons. The molecule has 0 aliphatic carbocycles. The van der Waals surface area contributed by atoms with Crippen LogP contribution >= 0.6 is 11.6 Å². The first kappa shape index (κ1) is 23.8. The normalized spacial score (nSPS) is 12.2. The fourth-order valence-corrected chi connectivity index (χ4v) is 4.43. The highest BCUT2D eigenvalue weighted by molar-refractivity contribution is 7.92. The molecular formula is C25H27ClN2O3S. The van der Waals surface area contributed by atoms with Crippen molar-refractivity contribution in [3.63, 3.8) is 0 Å². The van der Waals surface area contributed by atoms with Crippen LogP contribution in [0.2, 0.25) is 5.02 Å². The lowest BCUT2D eigenvalue weighted by Gasteiger charge is -2.23. The highest BCUT2D eigenvalue weighted by atomic mass is 35.5. The summed E-state index contributed by atoms with van der Waals surface area (Å²) in [7, 11) is -3.51. The number of sulfonamides is 1. The van der Waals surface area contributed by atoms with Crippen molar-refractivity contribution in [2.75, 3.05) is 10.6 Å². The van der Waals surface area contributed by atoms with Crippen molar-refractivity contribution < 1.29 is 13.2 Å². The van der Waals surface area contributed by atoms with Crippen LogP contribution in [0, 0.1) is 0 Å². The van der Waals surface area contributed by atoms with E-state index < -0.39 is 10.0 Å². The quantitative estimate of drug-likeness (QED) is 0.475. The largest absolute Gasteiger partial charge is 0.350 e. The number of benzene rings is 3. The number of hydrogen-bond acceptors (Lipinski definition) is 3.